The number of thiazole rings is 1. The van der Waals surface area contributed by atoms with Crippen molar-refractivity contribution < 1.29 is 14.3 Å². The van der Waals surface area contributed by atoms with Gasteiger partial charge in [0.2, 0.25) is 0 Å². The molecule has 6 heteroatoms. The van der Waals surface area contributed by atoms with Gasteiger partial charge in [-0.25, -0.2) is 4.98 Å². The van der Waals surface area contributed by atoms with Crippen LogP contribution in [-0.2, 0) is 0 Å². The van der Waals surface area contributed by atoms with E-state index in [4.69, 9.17) is 9.47 Å². The SMILES string of the molecule is COc1ccccc1OC(C)CNC(=O)c1cnc(C)s1. The molecule has 0 aliphatic carbocycles. The van der Waals surface area contributed by atoms with Crippen LogP contribution >= 0.6 is 11.3 Å². The summed E-state index contributed by atoms with van der Waals surface area (Å²) in [4.78, 5) is 16.6. The van der Waals surface area contributed by atoms with Crippen LogP contribution in [0.15, 0.2) is 30.5 Å². The number of hydrogen-bond acceptors (Lipinski definition) is 5. The summed E-state index contributed by atoms with van der Waals surface area (Å²) in [6.45, 7) is 4.17. The quantitative estimate of drug-likeness (QED) is 0.891. The molecule has 0 radical (unpaired) electrons. The Bertz CT molecular complexity index is 612. The molecular weight excluding hydrogens is 288 g/mol. The lowest BCUT2D eigenvalue weighted by Gasteiger charge is -2.17. The van der Waals surface area contributed by atoms with Crippen molar-refractivity contribution in [1.82, 2.24) is 10.3 Å². The van der Waals surface area contributed by atoms with Crippen LogP contribution in [0.2, 0.25) is 0 Å². The van der Waals surface area contributed by atoms with Crippen LogP contribution in [0.1, 0.15) is 21.6 Å². The average molecular weight is 306 g/mol. The largest absolute Gasteiger partial charge is 0.493 e. The summed E-state index contributed by atoms with van der Waals surface area (Å²) >= 11 is 1.37. The van der Waals surface area contributed by atoms with Gasteiger partial charge in [-0.15, -0.1) is 11.3 Å². The molecule has 1 N–H and O–H groups in total. The molecule has 0 saturated carbocycles. The molecule has 1 heterocycles. The lowest BCUT2D eigenvalue weighted by Crippen LogP contribution is -2.33. The number of aryl methyl sites for hydroxylation is 1. The first-order valence-electron chi connectivity index (χ1n) is 6.60. The summed E-state index contributed by atoms with van der Waals surface area (Å²) in [7, 11) is 1.60. The fourth-order valence-electron chi connectivity index (χ4n) is 1.76. The molecule has 0 aliphatic rings. The Balaban J connectivity index is 1.87. The Hall–Kier alpha value is -2.08. The number of nitrogens with one attached hydrogen (secondary N) is 1. The molecule has 5 nitrogen and oxygen atoms in total. The molecule has 1 unspecified atom stereocenters. The molecule has 2 aromatic rings. The number of carbonyl (C=O) groups excluding carboxylic acids is 1. The Morgan fingerprint density at radius 3 is 2.71 bits per heavy atom. The molecule has 112 valence electrons. The van der Waals surface area contributed by atoms with Gasteiger partial charge in [0.15, 0.2) is 11.5 Å². The molecule has 0 saturated heterocycles. The van der Waals surface area contributed by atoms with Crippen LogP contribution in [0.5, 0.6) is 11.5 Å². The Kier molecular flexibility index (Phi) is 5.16. The van der Waals surface area contributed by atoms with Crippen molar-refractivity contribution >= 4 is 17.2 Å². The molecule has 2 rings (SSSR count). The van der Waals surface area contributed by atoms with Gasteiger partial charge in [0.1, 0.15) is 11.0 Å². The van der Waals surface area contributed by atoms with Crippen LogP contribution in [0.4, 0.5) is 0 Å². The van der Waals surface area contributed by atoms with Crippen molar-refractivity contribution in [1.29, 1.82) is 0 Å². The predicted molar refractivity (Wildman–Crippen MR) is 82.3 cm³/mol. The van der Waals surface area contributed by atoms with E-state index in [9.17, 15) is 4.79 Å². The molecule has 21 heavy (non-hydrogen) atoms. The third-order valence-electron chi connectivity index (χ3n) is 2.79. The highest BCUT2D eigenvalue weighted by atomic mass is 32.1. The Labute approximate surface area is 127 Å². The van der Waals surface area contributed by atoms with Crippen molar-refractivity contribution in [2.45, 2.75) is 20.0 Å². The first-order chi connectivity index (χ1) is 10.1. The number of nitrogens with zero attached hydrogens (tertiary/aromatic N) is 1. The van der Waals surface area contributed by atoms with Gasteiger partial charge < -0.3 is 14.8 Å². The highest BCUT2D eigenvalue weighted by Crippen LogP contribution is 2.26. The van der Waals surface area contributed by atoms with Crippen molar-refractivity contribution in [3.8, 4) is 11.5 Å². The number of para-hydroxylation sites is 2. The van der Waals surface area contributed by atoms with Gasteiger partial charge >= 0.3 is 0 Å². The highest BCUT2D eigenvalue weighted by Gasteiger charge is 2.12. The summed E-state index contributed by atoms with van der Waals surface area (Å²) in [6, 6.07) is 7.43. The molecule has 1 aromatic heterocycles. The first kappa shape index (κ1) is 15.3. The normalized spacial score (nSPS) is 11.8. The lowest BCUT2D eigenvalue weighted by atomic mass is 10.3. The van der Waals surface area contributed by atoms with E-state index >= 15 is 0 Å². The number of carbonyl (C=O) groups is 1. The third kappa shape index (κ3) is 4.19. The minimum Gasteiger partial charge on any atom is -0.493 e. The van der Waals surface area contributed by atoms with Crippen LogP contribution in [0.25, 0.3) is 0 Å². The Morgan fingerprint density at radius 1 is 1.38 bits per heavy atom. The minimum absolute atomic E-state index is 0.129. The van der Waals surface area contributed by atoms with Gasteiger partial charge in [0, 0.05) is 0 Å². The van der Waals surface area contributed by atoms with Gasteiger partial charge in [-0.2, -0.15) is 0 Å². The summed E-state index contributed by atoms with van der Waals surface area (Å²) in [5.74, 6) is 1.21. The standard InChI is InChI=1S/C15H18N2O3S/c1-10(20-13-7-5-4-6-12(13)19-3)8-17-15(18)14-9-16-11(2)21-14/h4-7,9-10H,8H2,1-3H3,(H,17,18). The first-order valence-corrected chi connectivity index (χ1v) is 7.42. The fraction of sp³-hybridized carbons (Fsp3) is 0.333. The number of methoxy groups -OCH3 is 1. The van der Waals surface area contributed by atoms with E-state index in [0.717, 1.165) is 5.01 Å². The molecule has 1 atom stereocenters. The molecule has 0 aliphatic heterocycles. The van der Waals surface area contributed by atoms with Gasteiger partial charge in [-0.3, -0.25) is 4.79 Å². The van der Waals surface area contributed by atoms with Crippen LogP contribution in [0, 0.1) is 6.92 Å². The zero-order valence-corrected chi connectivity index (χ0v) is 13.1. The number of aromatic nitrogens is 1. The average Bonchev–Trinajstić information content (AvgIpc) is 2.92. The zero-order chi connectivity index (χ0) is 15.2. The topological polar surface area (TPSA) is 60.5 Å². The predicted octanol–water partition coefficient (Wildman–Crippen LogP) is 2.66. The van der Waals surface area contributed by atoms with E-state index in [1.54, 1.807) is 13.3 Å². The maximum atomic E-state index is 11.9. The third-order valence-corrected chi connectivity index (χ3v) is 3.70. The van der Waals surface area contributed by atoms with E-state index in [1.165, 1.54) is 11.3 Å². The van der Waals surface area contributed by atoms with E-state index in [0.29, 0.717) is 22.9 Å². The molecule has 1 amide bonds. The molecule has 1 aromatic carbocycles. The second-order valence-corrected chi connectivity index (χ2v) is 5.77. The van der Waals surface area contributed by atoms with E-state index < -0.39 is 0 Å². The number of amides is 1. The summed E-state index contributed by atoms with van der Waals surface area (Å²) in [6.07, 6.45) is 1.42. The van der Waals surface area contributed by atoms with E-state index in [-0.39, 0.29) is 12.0 Å². The number of hydrogen-bond donors (Lipinski definition) is 1. The second kappa shape index (κ2) is 7.08. The fourth-order valence-corrected chi connectivity index (χ4v) is 2.46. The van der Waals surface area contributed by atoms with Gasteiger partial charge in [0.25, 0.3) is 5.91 Å². The second-order valence-electron chi connectivity index (χ2n) is 4.53. The summed E-state index contributed by atoms with van der Waals surface area (Å²) in [5, 5.41) is 3.71. The van der Waals surface area contributed by atoms with Crippen LogP contribution in [-0.4, -0.2) is 30.6 Å². The van der Waals surface area contributed by atoms with Gasteiger partial charge in [-0.1, -0.05) is 12.1 Å². The molecule has 0 bridgehead atoms. The maximum Gasteiger partial charge on any atom is 0.263 e. The van der Waals surface area contributed by atoms with Crippen LogP contribution < -0.4 is 14.8 Å². The number of ether oxygens (including phenoxy) is 2. The minimum atomic E-state index is -0.167. The number of benzene rings is 1. The zero-order valence-electron chi connectivity index (χ0n) is 12.3. The smallest absolute Gasteiger partial charge is 0.263 e. The summed E-state index contributed by atoms with van der Waals surface area (Å²) in [5.41, 5.74) is 0. The Morgan fingerprint density at radius 2 is 2.10 bits per heavy atom. The lowest BCUT2D eigenvalue weighted by molar-refractivity contribution is 0.0935. The van der Waals surface area contributed by atoms with E-state index in [2.05, 4.69) is 10.3 Å². The maximum absolute atomic E-state index is 11.9. The van der Waals surface area contributed by atoms with E-state index in [1.807, 2.05) is 38.1 Å². The summed E-state index contributed by atoms with van der Waals surface area (Å²) < 4.78 is 11.0. The van der Waals surface area contributed by atoms with Gasteiger partial charge in [-0.05, 0) is 26.0 Å². The monoisotopic (exact) mass is 306 g/mol. The molecule has 0 fully saturated rings. The van der Waals surface area contributed by atoms with Crippen molar-refractivity contribution in [3.05, 3.63) is 40.3 Å². The molecular formula is C15H18N2O3S. The highest BCUT2D eigenvalue weighted by molar-refractivity contribution is 7.13. The van der Waals surface area contributed by atoms with Crippen molar-refractivity contribution in [3.63, 3.8) is 0 Å². The molecule has 0 spiro atoms. The van der Waals surface area contributed by atoms with Crippen molar-refractivity contribution in [2.75, 3.05) is 13.7 Å². The van der Waals surface area contributed by atoms with Gasteiger partial charge in [0.05, 0.1) is 24.9 Å². The van der Waals surface area contributed by atoms with Crippen molar-refractivity contribution in [2.24, 2.45) is 0 Å². The number of rotatable bonds is 6. The van der Waals surface area contributed by atoms with Crippen LogP contribution in [0.3, 0.4) is 0 Å².